The van der Waals surface area contributed by atoms with Crippen LogP contribution >= 0.6 is 0 Å². The quantitative estimate of drug-likeness (QED) is 0.807. The van der Waals surface area contributed by atoms with E-state index < -0.39 is 0 Å². The number of methoxy groups -OCH3 is 2. The SMILES string of the molecule is COc1ccc(C(CN(C)C)NC(=O)Nc2ncccc2OC)cc1. The number of carbonyl (C=O) groups is 1. The van der Waals surface area contributed by atoms with Crippen LogP contribution in [0.15, 0.2) is 42.6 Å². The maximum Gasteiger partial charge on any atom is 0.321 e. The van der Waals surface area contributed by atoms with Gasteiger partial charge in [0.15, 0.2) is 11.6 Å². The Hall–Kier alpha value is -2.80. The van der Waals surface area contributed by atoms with Gasteiger partial charge in [-0.1, -0.05) is 12.1 Å². The predicted octanol–water partition coefficient (Wildman–Crippen LogP) is 2.52. The molecule has 2 N–H and O–H groups in total. The van der Waals surface area contributed by atoms with Crippen LogP contribution in [-0.4, -0.2) is 50.8 Å². The van der Waals surface area contributed by atoms with Gasteiger partial charge in [0.2, 0.25) is 0 Å². The van der Waals surface area contributed by atoms with E-state index in [9.17, 15) is 4.79 Å². The molecule has 0 bridgehead atoms. The van der Waals surface area contributed by atoms with E-state index in [0.29, 0.717) is 18.1 Å². The molecule has 0 aliphatic heterocycles. The number of rotatable bonds is 7. The molecule has 134 valence electrons. The van der Waals surface area contributed by atoms with Crippen molar-refractivity contribution in [2.45, 2.75) is 6.04 Å². The lowest BCUT2D eigenvalue weighted by Gasteiger charge is -2.23. The number of urea groups is 1. The van der Waals surface area contributed by atoms with Gasteiger partial charge in [0.05, 0.1) is 20.3 Å². The van der Waals surface area contributed by atoms with Gasteiger partial charge in [-0.05, 0) is 43.9 Å². The van der Waals surface area contributed by atoms with Crippen molar-refractivity contribution in [1.29, 1.82) is 0 Å². The Bertz CT molecular complexity index is 689. The van der Waals surface area contributed by atoms with Gasteiger partial charge in [-0.3, -0.25) is 5.32 Å². The Kier molecular flexibility index (Phi) is 6.59. The number of amides is 2. The van der Waals surface area contributed by atoms with E-state index in [1.54, 1.807) is 25.4 Å². The van der Waals surface area contributed by atoms with Crippen LogP contribution in [0.1, 0.15) is 11.6 Å². The summed E-state index contributed by atoms with van der Waals surface area (Å²) in [6.07, 6.45) is 1.60. The fourth-order valence-electron chi connectivity index (χ4n) is 2.39. The fourth-order valence-corrected chi connectivity index (χ4v) is 2.39. The van der Waals surface area contributed by atoms with Crippen molar-refractivity contribution in [3.63, 3.8) is 0 Å². The zero-order valence-electron chi connectivity index (χ0n) is 14.9. The number of ether oxygens (including phenoxy) is 2. The minimum Gasteiger partial charge on any atom is -0.497 e. The molecule has 1 atom stereocenters. The van der Waals surface area contributed by atoms with Crippen LogP contribution < -0.4 is 20.1 Å². The normalized spacial score (nSPS) is 11.7. The monoisotopic (exact) mass is 344 g/mol. The first kappa shape index (κ1) is 18.5. The molecule has 1 unspecified atom stereocenters. The Balaban J connectivity index is 2.11. The van der Waals surface area contributed by atoms with Crippen LogP contribution in [0.25, 0.3) is 0 Å². The molecule has 2 rings (SSSR count). The Labute approximate surface area is 148 Å². The third kappa shape index (κ3) is 5.36. The third-order valence-corrected chi connectivity index (χ3v) is 3.59. The summed E-state index contributed by atoms with van der Waals surface area (Å²) in [5.74, 6) is 1.65. The fraction of sp³-hybridized carbons (Fsp3) is 0.333. The first-order valence-electron chi connectivity index (χ1n) is 7.88. The smallest absolute Gasteiger partial charge is 0.321 e. The van der Waals surface area contributed by atoms with Crippen molar-refractivity contribution in [3.05, 3.63) is 48.2 Å². The summed E-state index contributed by atoms with van der Waals surface area (Å²) >= 11 is 0. The van der Waals surface area contributed by atoms with Crippen LogP contribution in [0.3, 0.4) is 0 Å². The lowest BCUT2D eigenvalue weighted by molar-refractivity contribution is 0.244. The molecule has 0 saturated heterocycles. The molecular weight excluding hydrogens is 320 g/mol. The first-order valence-corrected chi connectivity index (χ1v) is 7.88. The number of aromatic nitrogens is 1. The van der Waals surface area contributed by atoms with E-state index in [1.807, 2.05) is 43.3 Å². The molecule has 7 heteroatoms. The van der Waals surface area contributed by atoms with E-state index in [2.05, 4.69) is 15.6 Å². The first-order chi connectivity index (χ1) is 12.0. The average Bonchev–Trinajstić information content (AvgIpc) is 2.61. The van der Waals surface area contributed by atoms with Gasteiger partial charge in [-0.2, -0.15) is 0 Å². The van der Waals surface area contributed by atoms with Crippen molar-refractivity contribution in [2.24, 2.45) is 0 Å². The molecule has 7 nitrogen and oxygen atoms in total. The minimum absolute atomic E-state index is 0.185. The number of nitrogens with zero attached hydrogens (tertiary/aromatic N) is 2. The molecule has 2 aromatic rings. The van der Waals surface area contributed by atoms with E-state index in [4.69, 9.17) is 9.47 Å². The van der Waals surface area contributed by atoms with Crippen molar-refractivity contribution in [2.75, 3.05) is 40.2 Å². The molecule has 0 saturated carbocycles. The summed E-state index contributed by atoms with van der Waals surface area (Å²) in [4.78, 5) is 18.5. The van der Waals surface area contributed by atoms with Crippen molar-refractivity contribution >= 4 is 11.8 Å². The van der Waals surface area contributed by atoms with E-state index >= 15 is 0 Å². The van der Waals surface area contributed by atoms with Crippen LogP contribution in [0, 0.1) is 0 Å². The largest absolute Gasteiger partial charge is 0.497 e. The molecule has 0 fully saturated rings. The summed E-state index contributed by atoms with van der Waals surface area (Å²) < 4.78 is 10.4. The zero-order chi connectivity index (χ0) is 18.2. The van der Waals surface area contributed by atoms with Gasteiger partial charge in [0.25, 0.3) is 0 Å². The van der Waals surface area contributed by atoms with Crippen LogP contribution in [-0.2, 0) is 0 Å². The Morgan fingerprint density at radius 1 is 1.16 bits per heavy atom. The van der Waals surface area contributed by atoms with Gasteiger partial charge in [-0.25, -0.2) is 9.78 Å². The third-order valence-electron chi connectivity index (χ3n) is 3.59. The molecule has 0 aliphatic carbocycles. The number of benzene rings is 1. The molecule has 1 heterocycles. The number of nitrogens with one attached hydrogen (secondary N) is 2. The Morgan fingerprint density at radius 2 is 1.88 bits per heavy atom. The summed E-state index contributed by atoms with van der Waals surface area (Å²) in [7, 11) is 7.07. The van der Waals surface area contributed by atoms with Gasteiger partial charge in [0.1, 0.15) is 5.75 Å². The van der Waals surface area contributed by atoms with Crippen LogP contribution in [0.5, 0.6) is 11.5 Å². The predicted molar refractivity (Wildman–Crippen MR) is 97.2 cm³/mol. The Morgan fingerprint density at radius 3 is 2.48 bits per heavy atom. The van der Waals surface area contributed by atoms with Crippen molar-refractivity contribution in [1.82, 2.24) is 15.2 Å². The van der Waals surface area contributed by atoms with E-state index in [-0.39, 0.29) is 12.1 Å². The number of hydrogen-bond acceptors (Lipinski definition) is 5. The topological polar surface area (TPSA) is 75.7 Å². The average molecular weight is 344 g/mol. The summed E-state index contributed by atoms with van der Waals surface area (Å²) in [5, 5.41) is 5.70. The van der Waals surface area contributed by atoms with Crippen LogP contribution in [0.4, 0.5) is 10.6 Å². The molecule has 0 radical (unpaired) electrons. The molecule has 0 spiro atoms. The van der Waals surface area contributed by atoms with E-state index in [0.717, 1.165) is 11.3 Å². The van der Waals surface area contributed by atoms with Crippen molar-refractivity contribution < 1.29 is 14.3 Å². The number of pyridine rings is 1. The highest BCUT2D eigenvalue weighted by atomic mass is 16.5. The molecule has 0 aliphatic rings. The molecule has 1 aromatic heterocycles. The van der Waals surface area contributed by atoms with Crippen molar-refractivity contribution in [3.8, 4) is 11.5 Å². The number of hydrogen-bond donors (Lipinski definition) is 2. The molecular formula is C18H24N4O3. The number of anilines is 1. The maximum atomic E-state index is 12.4. The minimum atomic E-state index is -0.348. The number of likely N-dealkylation sites (N-methyl/N-ethyl adjacent to an activating group) is 1. The van der Waals surface area contributed by atoms with E-state index in [1.165, 1.54) is 7.11 Å². The second-order valence-corrected chi connectivity index (χ2v) is 5.74. The molecule has 1 aromatic carbocycles. The van der Waals surface area contributed by atoms with Gasteiger partial charge in [0, 0.05) is 12.7 Å². The molecule has 25 heavy (non-hydrogen) atoms. The maximum absolute atomic E-state index is 12.4. The molecule has 2 amide bonds. The summed E-state index contributed by atoms with van der Waals surface area (Å²) in [6, 6.07) is 10.6. The lowest BCUT2D eigenvalue weighted by atomic mass is 10.1. The highest BCUT2D eigenvalue weighted by molar-refractivity contribution is 5.89. The summed E-state index contributed by atoms with van der Waals surface area (Å²) in [6.45, 7) is 0.652. The van der Waals surface area contributed by atoms with Gasteiger partial charge >= 0.3 is 6.03 Å². The van der Waals surface area contributed by atoms with Crippen LogP contribution in [0.2, 0.25) is 0 Å². The lowest BCUT2D eigenvalue weighted by Crippen LogP contribution is -2.38. The highest BCUT2D eigenvalue weighted by Gasteiger charge is 2.17. The highest BCUT2D eigenvalue weighted by Crippen LogP contribution is 2.21. The zero-order valence-corrected chi connectivity index (χ0v) is 14.9. The van der Waals surface area contributed by atoms with Gasteiger partial charge in [-0.15, -0.1) is 0 Å². The number of carbonyl (C=O) groups excluding carboxylic acids is 1. The summed E-state index contributed by atoms with van der Waals surface area (Å²) in [5.41, 5.74) is 0.984. The van der Waals surface area contributed by atoms with Gasteiger partial charge < -0.3 is 19.7 Å². The standard InChI is InChI=1S/C18H24N4O3/c1-22(2)12-15(13-7-9-14(24-3)10-8-13)20-18(23)21-17-16(25-4)6-5-11-19-17/h5-11,15H,12H2,1-4H3,(H2,19,20,21,23). The second kappa shape index (κ2) is 8.89. The second-order valence-electron chi connectivity index (χ2n) is 5.74.